The van der Waals surface area contributed by atoms with Gasteiger partial charge in [0.25, 0.3) is 0 Å². The number of hydrogen-bond acceptors (Lipinski definition) is 4. The summed E-state index contributed by atoms with van der Waals surface area (Å²) in [5.74, 6) is 1.97. The highest BCUT2D eigenvalue weighted by atomic mass is 16.5. The lowest BCUT2D eigenvalue weighted by Crippen LogP contribution is -2.28. The summed E-state index contributed by atoms with van der Waals surface area (Å²) in [6, 6.07) is 13.7. The van der Waals surface area contributed by atoms with Crippen molar-refractivity contribution in [3.8, 4) is 11.5 Å². The molecular weight excluding hydrogens is 328 g/mol. The largest absolute Gasteiger partial charge is 0.497 e. The van der Waals surface area contributed by atoms with Crippen LogP contribution in [0.15, 0.2) is 42.5 Å². The summed E-state index contributed by atoms with van der Waals surface area (Å²) < 4.78 is 10.7. The fourth-order valence-corrected chi connectivity index (χ4v) is 3.04. The number of benzene rings is 2. The van der Waals surface area contributed by atoms with Gasteiger partial charge in [0.05, 0.1) is 14.2 Å². The van der Waals surface area contributed by atoms with Crippen molar-refractivity contribution in [1.29, 1.82) is 0 Å². The maximum Gasteiger partial charge on any atom is 0.227 e. The van der Waals surface area contributed by atoms with Gasteiger partial charge in [-0.25, -0.2) is 0 Å². The number of carbonyl (C=O) groups excluding carboxylic acids is 1. The van der Waals surface area contributed by atoms with Crippen molar-refractivity contribution >= 4 is 11.6 Å². The van der Waals surface area contributed by atoms with Gasteiger partial charge in [-0.2, -0.15) is 0 Å². The molecular formula is C21H26N2O3. The van der Waals surface area contributed by atoms with E-state index in [1.165, 1.54) is 0 Å². The van der Waals surface area contributed by atoms with Gasteiger partial charge in [-0.3, -0.25) is 4.79 Å². The van der Waals surface area contributed by atoms with Crippen LogP contribution in [0, 0.1) is 5.92 Å². The third-order valence-corrected chi connectivity index (χ3v) is 4.80. The first-order chi connectivity index (χ1) is 12.7. The quantitative estimate of drug-likeness (QED) is 0.758. The molecule has 0 radical (unpaired) electrons. The lowest BCUT2D eigenvalue weighted by atomic mass is 9.85. The predicted molar refractivity (Wildman–Crippen MR) is 103 cm³/mol. The minimum Gasteiger partial charge on any atom is -0.497 e. The molecule has 3 rings (SSSR count). The molecule has 0 heterocycles. The molecule has 1 fully saturated rings. The Bertz CT molecular complexity index is 757. The SMILES string of the molecule is COc1ccc(OC)c(CNCc2cccc(NC(=O)C3CCC3)c2)c1. The Kier molecular flexibility index (Phi) is 6.12. The van der Waals surface area contributed by atoms with Crippen molar-refractivity contribution in [3.63, 3.8) is 0 Å². The Hall–Kier alpha value is -2.53. The number of amides is 1. The van der Waals surface area contributed by atoms with Gasteiger partial charge in [0, 0.05) is 30.3 Å². The van der Waals surface area contributed by atoms with Gasteiger partial charge in [-0.1, -0.05) is 18.6 Å². The molecule has 5 heteroatoms. The van der Waals surface area contributed by atoms with Crippen LogP contribution in [0.5, 0.6) is 11.5 Å². The second kappa shape index (κ2) is 8.72. The second-order valence-electron chi connectivity index (χ2n) is 6.60. The fourth-order valence-electron chi connectivity index (χ4n) is 3.04. The lowest BCUT2D eigenvalue weighted by Gasteiger charge is -2.24. The van der Waals surface area contributed by atoms with Crippen LogP contribution in [0.4, 0.5) is 5.69 Å². The lowest BCUT2D eigenvalue weighted by molar-refractivity contribution is -0.122. The van der Waals surface area contributed by atoms with Gasteiger partial charge in [0.2, 0.25) is 5.91 Å². The number of nitrogens with one attached hydrogen (secondary N) is 2. The van der Waals surface area contributed by atoms with Crippen LogP contribution in [0.2, 0.25) is 0 Å². The molecule has 1 aliphatic rings. The van der Waals surface area contributed by atoms with Crippen molar-refractivity contribution in [2.75, 3.05) is 19.5 Å². The van der Waals surface area contributed by atoms with E-state index in [1.807, 2.05) is 36.4 Å². The van der Waals surface area contributed by atoms with Gasteiger partial charge in [0.1, 0.15) is 11.5 Å². The fraction of sp³-hybridized carbons (Fsp3) is 0.381. The van der Waals surface area contributed by atoms with Crippen molar-refractivity contribution in [2.24, 2.45) is 5.92 Å². The molecule has 0 aromatic heterocycles. The molecule has 2 aromatic rings. The van der Waals surface area contributed by atoms with E-state index in [9.17, 15) is 4.79 Å². The smallest absolute Gasteiger partial charge is 0.227 e. The zero-order valence-electron chi connectivity index (χ0n) is 15.4. The summed E-state index contributed by atoms with van der Waals surface area (Å²) in [4.78, 5) is 12.1. The Morgan fingerprint density at radius 1 is 1.08 bits per heavy atom. The summed E-state index contributed by atoms with van der Waals surface area (Å²) in [5, 5.41) is 6.44. The van der Waals surface area contributed by atoms with Crippen LogP contribution < -0.4 is 20.1 Å². The van der Waals surface area contributed by atoms with Crippen LogP contribution in [-0.4, -0.2) is 20.1 Å². The van der Waals surface area contributed by atoms with E-state index in [-0.39, 0.29) is 11.8 Å². The third kappa shape index (κ3) is 4.55. The summed E-state index contributed by atoms with van der Waals surface area (Å²) in [5.41, 5.74) is 3.03. The third-order valence-electron chi connectivity index (χ3n) is 4.80. The molecule has 138 valence electrons. The van der Waals surface area contributed by atoms with E-state index >= 15 is 0 Å². The van der Waals surface area contributed by atoms with Crippen LogP contribution >= 0.6 is 0 Å². The Morgan fingerprint density at radius 2 is 1.92 bits per heavy atom. The first kappa shape index (κ1) is 18.3. The van der Waals surface area contributed by atoms with Gasteiger partial charge in [-0.15, -0.1) is 0 Å². The number of hydrogen-bond donors (Lipinski definition) is 2. The molecule has 5 nitrogen and oxygen atoms in total. The summed E-state index contributed by atoms with van der Waals surface area (Å²) in [7, 11) is 3.32. The Balaban J connectivity index is 1.56. The zero-order valence-corrected chi connectivity index (χ0v) is 15.4. The van der Waals surface area contributed by atoms with E-state index in [1.54, 1.807) is 14.2 Å². The molecule has 2 aromatic carbocycles. The standard InChI is InChI=1S/C21H26N2O3/c1-25-19-9-10-20(26-2)17(12-19)14-22-13-15-5-3-8-18(11-15)23-21(24)16-6-4-7-16/h3,5,8-12,16,22H,4,6-7,13-14H2,1-2H3,(H,23,24). The molecule has 0 saturated heterocycles. The summed E-state index contributed by atoms with van der Waals surface area (Å²) in [6.07, 6.45) is 3.18. The van der Waals surface area contributed by atoms with Gasteiger partial charge >= 0.3 is 0 Å². The first-order valence-corrected chi connectivity index (χ1v) is 9.01. The molecule has 1 amide bonds. The molecule has 0 spiro atoms. The maximum atomic E-state index is 12.1. The van der Waals surface area contributed by atoms with Crippen molar-refractivity contribution < 1.29 is 14.3 Å². The number of ether oxygens (including phenoxy) is 2. The minimum atomic E-state index is 0.141. The highest BCUT2D eigenvalue weighted by Gasteiger charge is 2.25. The average Bonchev–Trinajstić information content (AvgIpc) is 2.60. The van der Waals surface area contributed by atoms with Crippen LogP contribution in [0.25, 0.3) is 0 Å². The van der Waals surface area contributed by atoms with E-state index in [4.69, 9.17) is 9.47 Å². The minimum absolute atomic E-state index is 0.141. The topological polar surface area (TPSA) is 59.6 Å². The number of carbonyl (C=O) groups is 1. The van der Waals surface area contributed by atoms with Crippen LogP contribution in [0.1, 0.15) is 30.4 Å². The monoisotopic (exact) mass is 354 g/mol. The molecule has 0 atom stereocenters. The molecule has 26 heavy (non-hydrogen) atoms. The first-order valence-electron chi connectivity index (χ1n) is 9.01. The zero-order chi connectivity index (χ0) is 18.4. The van der Waals surface area contributed by atoms with Crippen LogP contribution in [-0.2, 0) is 17.9 Å². The number of methoxy groups -OCH3 is 2. The highest BCUT2D eigenvalue weighted by Crippen LogP contribution is 2.28. The molecule has 0 unspecified atom stereocenters. The predicted octanol–water partition coefficient (Wildman–Crippen LogP) is 3.73. The maximum absolute atomic E-state index is 12.1. The summed E-state index contributed by atoms with van der Waals surface area (Å²) >= 11 is 0. The van der Waals surface area contributed by atoms with E-state index in [0.29, 0.717) is 13.1 Å². The molecule has 2 N–H and O–H groups in total. The molecule has 1 saturated carbocycles. The molecule has 1 aliphatic carbocycles. The highest BCUT2D eigenvalue weighted by molar-refractivity contribution is 5.93. The molecule has 0 bridgehead atoms. The van der Waals surface area contributed by atoms with E-state index in [2.05, 4.69) is 16.7 Å². The van der Waals surface area contributed by atoms with Crippen LogP contribution in [0.3, 0.4) is 0 Å². The van der Waals surface area contributed by atoms with Gasteiger partial charge < -0.3 is 20.1 Å². The number of anilines is 1. The van der Waals surface area contributed by atoms with Crippen molar-refractivity contribution in [3.05, 3.63) is 53.6 Å². The Labute approximate surface area is 154 Å². The van der Waals surface area contributed by atoms with Gasteiger partial charge in [0.15, 0.2) is 0 Å². The van der Waals surface area contributed by atoms with Gasteiger partial charge in [-0.05, 0) is 48.7 Å². The van der Waals surface area contributed by atoms with Crippen molar-refractivity contribution in [1.82, 2.24) is 5.32 Å². The summed E-state index contributed by atoms with van der Waals surface area (Å²) in [6.45, 7) is 1.37. The second-order valence-corrected chi connectivity index (χ2v) is 6.60. The average molecular weight is 354 g/mol. The van der Waals surface area contributed by atoms with E-state index < -0.39 is 0 Å². The van der Waals surface area contributed by atoms with E-state index in [0.717, 1.165) is 47.6 Å². The number of rotatable bonds is 8. The molecule has 0 aliphatic heterocycles. The van der Waals surface area contributed by atoms with Crippen molar-refractivity contribution in [2.45, 2.75) is 32.4 Å². The Morgan fingerprint density at radius 3 is 2.62 bits per heavy atom. The normalized spacial score (nSPS) is 13.8.